The zero-order valence-corrected chi connectivity index (χ0v) is 33.4. The van der Waals surface area contributed by atoms with Gasteiger partial charge in [0.05, 0.1) is 34.4 Å². The third kappa shape index (κ3) is 33.6. The lowest BCUT2D eigenvalue weighted by Gasteiger charge is -2.31. The Morgan fingerprint density at radius 3 is 1.70 bits per heavy atom. The summed E-state index contributed by atoms with van der Waals surface area (Å²) in [6, 6.07) is -0.635. The highest BCUT2D eigenvalue weighted by molar-refractivity contribution is 5.72. The summed E-state index contributed by atoms with van der Waals surface area (Å²) in [6.07, 6.45) is 47.1. The van der Waals surface area contributed by atoms with Gasteiger partial charge in [0, 0.05) is 19.3 Å². The minimum Gasteiger partial charge on any atom is -0.477 e. The molecular weight excluding hydrogens is 666 g/mol. The number of hydrogen-bond acceptors (Lipinski definition) is 6. The van der Waals surface area contributed by atoms with Gasteiger partial charge in [-0.1, -0.05) is 130 Å². The number of nitrogens with zero attached hydrogens (tertiary/aromatic N) is 1. The van der Waals surface area contributed by atoms with Gasteiger partial charge in [0.2, 0.25) is 0 Å². The quantitative estimate of drug-likeness (QED) is 0.0241. The number of carbonyl (C=O) groups is 3. The molecule has 0 heterocycles. The van der Waals surface area contributed by atoms with Crippen molar-refractivity contribution in [1.82, 2.24) is 0 Å². The van der Waals surface area contributed by atoms with E-state index in [1.165, 1.54) is 0 Å². The molecule has 0 aliphatic heterocycles. The van der Waals surface area contributed by atoms with Crippen LogP contribution in [0.1, 0.15) is 104 Å². The Labute approximate surface area is 321 Å². The van der Waals surface area contributed by atoms with Crippen LogP contribution in [0.4, 0.5) is 0 Å². The van der Waals surface area contributed by atoms with Gasteiger partial charge < -0.3 is 23.8 Å². The van der Waals surface area contributed by atoms with Crippen molar-refractivity contribution in [3.8, 4) is 0 Å². The van der Waals surface area contributed by atoms with E-state index in [-0.39, 0.29) is 49.1 Å². The molecular formula is C45H70NO7+. The highest BCUT2D eigenvalue weighted by atomic mass is 16.6. The number of ether oxygens (including phenoxy) is 3. The van der Waals surface area contributed by atoms with Crippen LogP contribution in [-0.4, -0.2) is 80.6 Å². The first-order valence-corrected chi connectivity index (χ1v) is 19.5. The molecule has 0 amide bonds. The number of quaternary nitrogens is 1. The first-order valence-electron chi connectivity index (χ1n) is 19.5. The van der Waals surface area contributed by atoms with Crippen molar-refractivity contribution >= 4 is 17.9 Å². The van der Waals surface area contributed by atoms with Gasteiger partial charge in [-0.25, -0.2) is 4.79 Å². The second kappa shape index (κ2) is 35.0. The summed E-state index contributed by atoms with van der Waals surface area (Å²) in [7, 11) is 5.47. The number of esters is 2. The average Bonchev–Trinajstić information content (AvgIpc) is 3.11. The van der Waals surface area contributed by atoms with E-state index in [9.17, 15) is 19.5 Å². The van der Waals surface area contributed by atoms with Crippen LogP contribution in [0.5, 0.6) is 0 Å². The van der Waals surface area contributed by atoms with Crippen LogP contribution in [0.2, 0.25) is 0 Å². The Morgan fingerprint density at radius 1 is 0.585 bits per heavy atom. The summed E-state index contributed by atoms with van der Waals surface area (Å²) < 4.78 is 17.1. The zero-order chi connectivity index (χ0) is 39.3. The Morgan fingerprint density at radius 2 is 1.09 bits per heavy atom. The van der Waals surface area contributed by atoms with Crippen molar-refractivity contribution in [2.75, 3.05) is 41.0 Å². The normalized spacial score (nSPS) is 14.2. The molecule has 0 aromatic heterocycles. The van der Waals surface area contributed by atoms with E-state index in [0.29, 0.717) is 19.3 Å². The number of rotatable bonds is 32. The Balaban J connectivity index is 4.61. The van der Waals surface area contributed by atoms with Crippen LogP contribution in [0.25, 0.3) is 0 Å². The fraction of sp³-hybridized carbons (Fsp3) is 0.533. The Hall–Kier alpha value is -4.01. The van der Waals surface area contributed by atoms with Gasteiger partial charge in [-0.15, -0.1) is 0 Å². The van der Waals surface area contributed by atoms with E-state index in [2.05, 4.69) is 62.5 Å². The molecule has 2 atom stereocenters. The molecule has 0 bridgehead atoms. The van der Waals surface area contributed by atoms with Crippen molar-refractivity contribution < 1.29 is 38.2 Å². The number of hydrogen-bond donors (Lipinski definition) is 1. The van der Waals surface area contributed by atoms with E-state index in [0.717, 1.165) is 57.8 Å². The van der Waals surface area contributed by atoms with E-state index in [1.54, 1.807) is 0 Å². The molecule has 0 saturated carbocycles. The maximum absolute atomic E-state index is 12.7. The molecule has 1 N–H and O–H groups in total. The lowest BCUT2D eigenvalue weighted by Crippen LogP contribution is -2.50. The van der Waals surface area contributed by atoms with Crippen LogP contribution in [0.15, 0.2) is 109 Å². The number of aliphatic carboxylic acids is 1. The van der Waals surface area contributed by atoms with Gasteiger partial charge in [0.1, 0.15) is 6.61 Å². The van der Waals surface area contributed by atoms with Gasteiger partial charge in [0.15, 0.2) is 12.1 Å². The largest absolute Gasteiger partial charge is 0.477 e. The number of carboxylic acids is 1. The third-order valence-corrected chi connectivity index (χ3v) is 7.83. The number of carboxylic acid groups (broad SMARTS) is 1. The van der Waals surface area contributed by atoms with Gasteiger partial charge in [-0.05, 0) is 64.2 Å². The van der Waals surface area contributed by atoms with E-state index >= 15 is 0 Å². The van der Waals surface area contributed by atoms with Gasteiger partial charge in [-0.3, -0.25) is 9.59 Å². The van der Waals surface area contributed by atoms with Crippen molar-refractivity contribution in [1.29, 1.82) is 0 Å². The molecule has 8 nitrogen and oxygen atoms in total. The summed E-state index contributed by atoms with van der Waals surface area (Å²) in [4.78, 5) is 36.8. The van der Waals surface area contributed by atoms with Crippen LogP contribution >= 0.6 is 0 Å². The van der Waals surface area contributed by atoms with Crippen molar-refractivity contribution in [2.24, 2.45) is 0 Å². The second-order valence-corrected chi connectivity index (χ2v) is 13.6. The molecule has 53 heavy (non-hydrogen) atoms. The fourth-order valence-electron chi connectivity index (χ4n) is 4.84. The first-order chi connectivity index (χ1) is 25.6. The molecule has 296 valence electrons. The van der Waals surface area contributed by atoms with Crippen molar-refractivity contribution in [3.63, 3.8) is 0 Å². The Bertz CT molecular complexity index is 1230. The summed E-state index contributed by atoms with van der Waals surface area (Å²) in [5.41, 5.74) is 0. The highest BCUT2D eigenvalue weighted by Crippen LogP contribution is 2.11. The van der Waals surface area contributed by atoms with Crippen LogP contribution in [-0.2, 0) is 28.6 Å². The molecule has 0 aromatic carbocycles. The summed E-state index contributed by atoms with van der Waals surface area (Å²) >= 11 is 0. The van der Waals surface area contributed by atoms with E-state index < -0.39 is 18.1 Å². The second-order valence-electron chi connectivity index (χ2n) is 13.6. The van der Waals surface area contributed by atoms with Crippen molar-refractivity contribution in [2.45, 2.75) is 116 Å². The van der Waals surface area contributed by atoms with Crippen LogP contribution < -0.4 is 0 Å². The molecule has 8 heteroatoms. The predicted molar refractivity (Wildman–Crippen MR) is 219 cm³/mol. The van der Waals surface area contributed by atoms with Gasteiger partial charge >= 0.3 is 17.9 Å². The lowest BCUT2D eigenvalue weighted by molar-refractivity contribution is -0.887. The molecule has 0 spiro atoms. The number of carbonyl (C=O) groups excluding carboxylic acids is 2. The molecule has 2 unspecified atom stereocenters. The van der Waals surface area contributed by atoms with Crippen LogP contribution in [0, 0.1) is 0 Å². The molecule has 0 aromatic rings. The highest BCUT2D eigenvalue weighted by Gasteiger charge is 2.31. The maximum Gasteiger partial charge on any atom is 0.362 e. The SMILES string of the molecule is CC/C=C/C=C/C=C/C=C/C=C/C=C/CCCCCC(=O)OC(COCCC(C(=O)O)[N+](C)(C)C)COC(=O)CCCC/C=C/C/C=C/C/C=C/CC. The fourth-order valence-corrected chi connectivity index (χ4v) is 4.84. The van der Waals surface area contributed by atoms with E-state index in [4.69, 9.17) is 14.2 Å². The molecule has 0 saturated heterocycles. The molecule has 0 fully saturated rings. The minimum atomic E-state index is -0.895. The summed E-state index contributed by atoms with van der Waals surface area (Å²) in [5.74, 6) is -1.60. The number of unbranched alkanes of at least 4 members (excludes halogenated alkanes) is 5. The maximum atomic E-state index is 12.7. The van der Waals surface area contributed by atoms with E-state index in [1.807, 2.05) is 81.9 Å². The molecule has 0 rings (SSSR count). The van der Waals surface area contributed by atoms with Gasteiger partial charge in [-0.2, -0.15) is 0 Å². The molecule has 0 aliphatic rings. The monoisotopic (exact) mass is 737 g/mol. The standard InChI is InChI=1S/C45H69NO7/c1-6-8-10-12-14-16-18-20-21-22-23-24-26-28-30-32-34-36-44(48)53-41(39-51-38-37-42(45(49)50)46(3,4)5)40-52-43(47)35-33-31-29-27-25-19-17-15-13-11-9-7-2/h8-12,14-18,20-27,41-42H,6-7,13,19,28-40H2,1-5H3/p+1/b10-8+,11-9+,14-12+,17-15+,18-16+,21-20+,23-22+,26-24+,27-25+. The zero-order valence-electron chi connectivity index (χ0n) is 33.4. The molecule has 0 radical (unpaired) electrons. The lowest BCUT2D eigenvalue weighted by atomic mass is 10.1. The number of likely N-dealkylation sites (N-methyl/N-ethyl adjacent to an activating group) is 1. The van der Waals surface area contributed by atoms with Crippen molar-refractivity contribution in [3.05, 3.63) is 109 Å². The number of allylic oxidation sites excluding steroid dienone is 18. The molecule has 0 aliphatic carbocycles. The summed E-state index contributed by atoms with van der Waals surface area (Å²) in [6.45, 7) is 4.34. The van der Waals surface area contributed by atoms with Gasteiger partial charge in [0.25, 0.3) is 0 Å². The Kier molecular flexibility index (Phi) is 32.4. The summed E-state index contributed by atoms with van der Waals surface area (Å²) in [5, 5.41) is 9.59. The first kappa shape index (κ1) is 49.0. The van der Waals surface area contributed by atoms with Crippen LogP contribution in [0.3, 0.4) is 0 Å². The minimum absolute atomic E-state index is 0.0219. The average molecular weight is 737 g/mol. The third-order valence-electron chi connectivity index (χ3n) is 7.83. The predicted octanol–water partition coefficient (Wildman–Crippen LogP) is 10.1. The topological polar surface area (TPSA) is 99.1 Å². The smallest absolute Gasteiger partial charge is 0.362 e.